The van der Waals surface area contributed by atoms with E-state index in [1.165, 1.54) is 12.3 Å². The van der Waals surface area contributed by atoms with E-state index in [1.807, 2.05) is 0 Å². The van der Waals surface area contributed by atoms with Gasteiger partial charge in [0.15, 0.2) is 11.7 Å². The van der Waals surface area contributed by atoms with E-state index in [2.05, 4.69) is 4.98 Å². The molecule has 1 aliphatic rings. The Morgan fingerprint density at radius 2 is 2.38 bits per heavy atom. The zero-order valence-electron chi connectivity index (χ0n) is 8.16. The molecule has 2 heterocycles. The standard InChI is InChI=1S/C8H10N2O5S/c11-3-7-15-6(4-16(7)14)10-2-1-5(12)9-8(10)13/h1-2,6-7,11H,3-4H2,(H,9,12,13)/t6-,7+,16?/m0/s1. The van der Waals surface area contributed by atoms with Crippen LogP contribution in [0.4, 0.5) is 0 Å². The van der Waals surface area contributed by atoms with Crippen LogP contribution in [0.1, 0.15) is 6.23 Å². The molecule has 0 aliphatic carbocycles. The molecule has 3 atom stereocenters. The first-order valence-electron chi connectivity index (χ1n) is 4.57. The van der Waals surface area contributed by atoms with Crippen LogP contribution in [0.15, 0.2) is 21.9 Å². The van der Waals surface area contributed by atoms with E-state index in [0.29, 0.717) is 0 Å². The smallest absolute Gasteiger partial charge is 0.330 e. The Labute approximate surface area is 92.1 Å². The summed E-state index contributed by atoms with van der Waals surface area (Å²) in [7, 11) is -1.33. The number of aromatic nitrogens is 2. The van der Waals surface area contributed by atoms with Crippen molar-refractivity contribution in [2.24, 2.45) is 0 Å². The van der Waals surface area contributed by atoms with Gasteiger partial charge in [-0.15, -0.1) is 0 Å². The van der Waals surface area contributed by atoms with Gasteiger partial charge in [-0.25, -0.2) is 4.79 Å². The summed E-state index contributed by atoms with van der Waals surface area (Å²) < 4.78 is 17.8. The van der Waals surface area contributed by atoms with Crippen molar-refractivity contribution in [1.29, 1.82) is 0 Å². The molecule has 1 fully saturated rings. The van der Waals surface area contributed by atoms with Gasteiger partial charge in [-0.2, -0.15) is 0 Å². The number of hydrogen-bond donors (Lipinski definition) is 2. The average Bonchev–Trinajstić information content (AvgIpc) is 2.59. The first kappa shape index (κ1) is 11.2. The molecule has 2 N–H and O–H groups in total. The molecule has 0 radical (unpaired) electrons. The number of rotatable bonds is 2. The Hall–Kier alpha value is -1.25. The monoisotopic (exact) mass is 246 g/mol. The van der Waals surface area contributed by atoms with Crippen LogP contribution in [0.2, 0.25) is 0 Å². The van der Waals surface area contributed by atoms with Crippen LogP contribution in [0.5, 0.6) is 0 Å². The highest BCUT2D eigenvalue weighted by Crippen LogP contribution is 2.21. The Kier molecular flexibility index (Phi) is 3.03. The number of hydrogen-bond acceptors (Lipinski definition) is 5. The van der Waals surface area contributed by atoms with Crippen LogP contribution < -0.4 is 11.2 Å². The van der Waals surface area contributed by atoms with E-state index >= 15 is 0 Å². The number of aliphatic hydroxyl groups is 1. The van der Waals surface area contributed by atoms with Gasteiger partial charge in [-0.05, 0) is 0 Å². The van der Waals surface area contributed by atoms with Crippen LogP contribution in [-0.4, -0.2) is 36.7 Å². The van der Waals surface area contributed by atoms with Crippen LogP contribution in [0.3, 0.4) is 0 Å². The lowest BCUT2D eigenvalue weighted by Gasteiger charge is -2.12. The first-order valence-corrected chi connectivity index (χ1v) is 5.95. The van der Waals surface area contributed by atoms with Crippen LogP contribution >= 0.6 is 0 Å². The SMILES string of the molecule is O=c1ccn([C@@H]2CS(=O)[C@H](CO)O2)c(=O)[nH]1. The predicted octanol–water partition coefficient (Wildman–Crippen LogP) is -1.87. The molecule has 0 saturated carbocycles. The van der Waals surface area contributed by atoms with E-state index in [9.17, 15) is 13.8 Å². The van der Waals surface area contributed by atoms with Gasteiger partial charge in [0.05, 0.1) is 23.2 Å². The third-order valence-electron chi connectivity index (χ3n) is 2.22. The number of nitrogens with zero attached hydrogens (tertiary/aromatic N) is 1. The lowest BCUT2D eigenvalue weighted by Crippen LogP contribution is -2.32. The summed E-state index contributed by atoms with van der Waals surface area (Å²) in [5.74, 6) is 0.122. The Morgan fingerprint density at radius 3 is 2.94 bits per heavy atom. The van der Waals surface area contributed by atoms with Crippen molar-refractivity contribution in [1.82, 2.24) is 9.55 Å². The van der Waals surface area contributed by atoms with Gasteiger partial charge < -0.3 is 9.84 Å². The largest absolute Gasteiger partial charge is 0.393 e. The molecule has 0 spiro atoms. The summed E-state index contributed by atoms with van der Waals surface area (Å²) in [6.07, 6.45) is 0.574. The zero-order chi connectivity index (χ0) is 11.7. The number of aliphatic hydroxyl groups excluding tert-OH is 1. The van der Waals surface area contributed by atoms with Gasteiger partial charge in [0.2, 0.25) is 0 Å². The van der Waals surface area contributed by atoms with E-state index in [0.717, 1.165) is 4.57 Å². The van der Waals surface area contributed by atoms with E-state index in [4.69, 9.17) is 9.84 Å². The van der Waals surface area contributed by atoms with Crippen molar-refractivity contribution in [2.75, 3.05) is 12.4 Å². The fraction of sp³-hybridized carbons (Fsp3) is 0.500. The Bertz CT molecular complexity index is 522. The highest BCUT2D eigenvalue weighted by atomic mass is 32.2. The van der Waals surface area contributed by atoms with E-state index < -0.39 is 33.7 Å². The molecule has 0 aromatic carbocycles. The number of nitrogens with one attached hydrogen (secondary N) is 1. The maximum Gasteiger partial charge on any atom is 0.330 e. The van der Waals surface area contributed by atoms with Crippen molar-refractivity contribution in [2.45, 2.75) is 11.7 Å². The molecule has 0 bridgehead atoms. The fourth-order valence-electron chi connectivity index (χ4n) is 1.45. The van der Waals surface area contributed by atoms with E-state index in [1.54, 1.807) is 0 Å². The van der Waals surface area contributed by atoms with Crippen LogP contribution in [0, 0.1) is 0 Å². The second kappa shape index (κ2) is 4.32. The normalized spacial score (nSPS) is 29.4. The molecular formula is C8H10N2O5S. The highest BCUT2D eigenvalue weighted by Gasteiger charge is 2.33. The molecular weight excluding hydrogens is 236 g/mol. The molecule has 1 aromatic rings. The van der Waals surface area contributed by atoms with Gasteiger partial charge >= 0.3 is 5.69 Å². The predicted molar refractivity (Wildman–Crippen MR) is 55.3 cm³/mol. The van der Waals surface area contributed by atoms with Gasteiger partial charge in [0, 0.05) is 12.3 Å². The third-order valence-corrected chi connectivity index (χ3v) is 3.68. The number of aromatic amines is 1. The number of ether oxygens (including phenoxy) is 1. The molecule has 1 aromatic heterocycles. The number of H-pyrrole nitrogens is 1. The Morgan fingerprint density at radius 1 is 1.62 bits per heavy atom. The fourth-order valence-corrected chi connectivity index (χ4v) is 2.60. The molecule has 0 amide bonds. The molecule has 2 rings (SSSR count). The minimum absolute atomic E-state index is 0.122. The van der Waals surface area contributed by atoms with E-state index in [-0.39, 0.29) is 12.4 Å². The summed E-state index contributed by atoms with van der Waals surface area (Å²) >= 11 is 0. The Balaban J connectivity index is 2.30. The van der Waals surface area contributed by atoms with Crippen molar-refractivity contribution in [3.05, 3.63) is 33.1 Å². The molecule has 8 heteroatoms. The lowest BCUT2D eigenvalue weighted by atomic mass is 10.5. The first-order chi connectivity index (χ1) is 7.61. The molecule has 16 heavy (non-hydrogen) atoms. The highest BCUT2D eigenvalue weighted by molar-refractivity contribution is 7.85. The second-order valence-electron chi connectivity index (χ2n) is 3.27. The summed E-state index contributed by atoms with van der Waals surface area (Å²) in [6.45, 7) is -0.360. The quantitative estimate of drug-likeness (QED) is 0.636. The van der Waals surface area contributed by atoms with Crippen molar-refractivity contribution in [3.63, 3.8) is 0 Å². The molecule has 1 aliphatic heterocycles. The second-order valence-corrected chi connectivity index (χ2v) is 4.89. The topological polar surface area (TPSA) is 101 Å². The minimum atomic E-state index is -1.33. The maximum absolute atomic E-state index is 11.4. The molecule has 1 saturated heterocycles. The van der Waals surface area contributed by atoms with Gasteiger partial charge in [0.25, 0.3) is 5.56 Å². The summed E-state index contributed by atoms with van der Waals surface area (Å²) in [6, 6.07) is 1.18. The van der Waals surface area contributed by atoms with Crippen molar-refractivity contribution in [3.8, 4) is 0 Å². The maximum atomic E-state index is 11.4. The lowest BCUT2D eigenvalue weighted by molar-refractivity contribution is -0.00714. The van der Waals surface area contributed by atoms with Crippen molar-refractivity contribution < 1.29 is 14.1 Å². The third kappa shape index (κ3) is 1.99. The van der Waals surface area contributed by atoms with Gasteiger partial charge in [-0.1, -0.05) is 0 Å². The van der Waals surface area contributed by atoms with Crippen LogP contribution in [-0.2, 0) is 15.5 Å². The minimum Gasteiger partial charge on any atom is -0.393 e. The van der Waals surface area contributed by atoms with Crippen molar-refractivity contribution >= 4 is 10.8 Å². The summed E-state index contributed by atoms with van der Waals surface area (Å²) in [4.78, 5) is 24.3. The van der Waals surface area contributed by atoms with Crippen LogP contribution in [0.25, 0.3) is 0 Å². The van der Waals surface area contributed by atoms with Gasteiger partial charge in [-0.3, -0.25) is 18.6 Å². The summed E-state index contributed by atoms with van der Waals surface area (Å²) in [5.41, 5.74) is -1.89. The van der Waals surface area contributed by atoms with Gasteiger partial charge in [0.1, 0.15) is 0 Å². The molecule has 7 nitrogen and oxygen atoms in total. The zero-order valence-corrected chi connectivity index (χ0v) is 8.98. The molecule has 1 unspecified atom stereocenters. The molecule has 88 valence electrons. The average molecular weight is 246 g/mol. The summed E-state index contributed by atoms with van der Waals surface area (Å²) in [5, 5.41) is 8.85.